The minimum atomic E-state index is -0.897. The molecule has 2 nitrogen and oxygen atoms in total. The van der Waals surface area contributed by atoms with Gasteiger partial charge in [0.05, 0.1) is 0 Å². The SMILES string of the molecule is COC(C)(C)C(=O)Cc1ccc(Cl)cc1F. The van der Waals surface area contributed by atoms with Gasteiger partial charge in [0.2, 0.25) is 0 Å². The molecule has 0 aliphatic rings. The average Bonchev–Trinajstić information content (AvgIpc) is 2.22. The molecule has 16 heavy (non-hydrogen) atoms. The fraction of sp³-hybridized carbons (Fsp3) is 0.417. The molecule has 0 atom stereocenters. The fourth-order valence-corrected chi connectivity index (χ4v) is 1.32. The van der Waals surface area contributed by atoms with Gasteiger partial charge >= 0.3 is 0 Å². The fourth-order valence-electron chi connectivity index (χ4n) is 1.16. The molecule has 0 saturated carbocycles. The molecule has 0 N–H and O–H groups in total. The number of Topliss-reactive ketones (excluding diaryl/α,β-unsaturated/α-hetero) is 1. The van der Waals surface area contributed by atoms with E-state index in [-0.39, 0.29) is 12.2 Å². The summed E-state index contributed by atoms with van der Waals surface area (Å²) in [6.45, 7) is 3.31. The van der Waals surface area contributed by atoms with E-state index >= 15 is 0 Å². The first kappa shape index (κ1) is 13.1. The maximum Gasteiger partial charge on any atom is 0.168 e. The highest BCUT2D eigenvalue weighted by Gasteiger charge is 2.27. The third-order valence-electron chi connectivity index (χ3n) is 2.55. The first-order valence-corrected chi connectivity index (χ1v) is 5.27. The van der Waals surface area contributed by atoms with Crippen LogP contribution in [0.15, 0.2) is 18.2 Å². The van der Waals surface area contributed by atoms with Crippen LogP contribution in [0.1, 0.15) is 19.4 Å². The zero-order valence-electron chi connectivity index (χ0n) is 9.51. The molecule has 0 bridgehead atoms. The highest BCUT2D eigenvalue weighted by molar-refractivity contribution is 6.30. The Bertz CT molecular complexity index is 402. The van der Waals surface area contributed by atoms with Crippen LogP contribution in [-0.4, -0.2) is 18.5 Å². The Labute approximate surface area is 99.4 Å². The average molecular weight is 245 g/mol. The van der Waals surface area contributed by atoms with E-state index in [4.69, 9.17) is 16.3 Å². The number of ether oxygens (including phenoxy) is 1. The molecule has 1 aromatic rings. The van der Waals surface area contributed by atoms with Crippen LogP contribution < -0.4 is 0 Å². The summed E-state index contributed by atoms with van der Waals surface area (Å²) in [6, 6.07) is 4.28. The van der Waals surface area contributed by atoms with Gasteiger partial charge in [-0.25, -0.2) is 4.39 Å². The van der Waals surface area contributed by atoms with Crippen molar-refractivity contribution >= 4 is 17.4 Å². The molecular weight excluding hydrogens is 231 g/mol. The van der Waals surface area contributed by atoms with E-state index in [0.29, 0.717) is 10.6 Å². The Morgan fingerprint density at radius 3 is 2.62 bits per heavy atom. The van der Waals surface area contributed by atoms with Crippen molar-refractivity contribution in [2.45, 2.75) is 25.9 Å². The second-order valence-electron chi connectivity index (χ2n) is 4.05. The Morgan fingerprint density at radius 1 is 1.50 bits per heavy atom. The molecule has 0 aliphatic carbocycles. The first-order chi connectivity index (χ1) is 7.36. The highest BCUT2D eigenvalue weighted by atomic mass is 35.5. The van der Waals surface area contributed by atoms with Crippen molar-refractivity contribution in [3.63, 3.8) is 0 Å². The smallest absolute Gasteiger partial charge is 0.168 e. The zero-order chi connectivity index (χ0) is 12.3. The van der Waals surface area contributed by atoms with Crippen LogP contribution in [0.4, 0.5) is 4.39 Å². The third kappa shape index (κ3) is 3.03. The number of hydrogen-bond acceptors (Lipinski definition) is 2. The molecule has 0 heterocycles. The number of rotatable bonds is 4. The van der Waals surface area contributed by atoms with Crippen molar-refractivity contribution in [1.29, 1.82) is 0 Å². The molecule has 1 rings (SSSR count). The van der Waals surface area contributed by atoms with E-state index in [0.717, 1.165) is 0 Å². The number of benzene rings is 1. The van der Waals surface area contributed by atoms with Crippen molar-refractivity contribution < 1.29 is 13.9 Å². The molecular formula is C12H14ClFO2. The maximum absolute atomic E-state index is 13.4. The van der Waals surface area contributed by atoms with E-state index in [2.05, 4.69) is 0 Å². The Kier molecular flexibility index (Phi) is 4.05. The van der Waals surface area contributed by atoms with E-state index in [1.54, 1.807) is 19.9 Å². The van der Waals surface area contributed by atoms with Gasteiger partial charge < -0.3 is 4.74 Å². The molecule has 88 valence electrons. The van der Waals surface area contributed by atoms with Gasteiger partial charge in [-0.2, -0.15) is 0 Å². The van der Waals surface area contributed by atoms with Gasteiger partial charge in [0, 0.05) is 18.6 Å². The Morgan fingerprint density at radius 2 is 2.12 bits per heavy atom. The quantitative estimate of drug-likeness (QED) is 0.814. The van der Waals surface area contributed by atoms with Gasteiger partial charge in [-0.15, -0.1) is 0 Å². The number of halogens is 2. The molecule has 0 aliphatic heterocycles. The predicted octanol–water partition coefficient (Wildman–Crippen LogP) is 3.02. The summed E-state index contributed by atoms with van der Waals surface area (Å²) in [7, 11) is 1.45. The van der Waals surface area contributed by atoms with E-state index in [9.17, 15) is 9.18 Å². The lowest BCUT2D eigenvalue weighted by molar-refractivity contribution is -0.136. The van der Waals surface area contributed by atoms with Crippen molar-refractivity contribution in [2.24, 2.45) is 0 Å². The van der Waals surface area contributed by atoms with Crippen LogP contribution in [0.25, 0.3) is 0 Å². The van der Waals surface area contributed by atoms with Crippen LogP contribution in [0.3, 0.4) is 0 Å². The third-order valence-corrected chi connectivity index (χ3v) is 2.78. The van der Waals surface area contributed by atoms with Crippen LogP contribution in [0, 0.1) is 5.82 Å². The van der Waals surface area contributed by atoms with Crippen LogP contribution in [0.5, 0.6) is 0 Å². The summed E-state index contributed by atoms with van der Waals surface area (Å²) in [5.74, 6) is -0.635. The predicted molar refractivity (Wildman–Crippen MR) is 61.2 cm³/mol. The summed E-state index contributed by atoms with van der Waals surface area (Å²) >= 11 is 5.62. The minimum Gasteiger partial charge on any atom is -0.371 e. The summed E-state index contributed by atoms with van der Waals surface area (Å²) in [5, 5.41) is 0.319. The summed E-state index contributed by atoms with van der Waals surface area (Å²) in [4.78, 5) is 11.8. The molecule has 0 amide bonds. The summed E-state index contributed by atoms with van der Waals surface area (Å²) < 4.78 is 18.5. The van der Waals surface area contributed by atoms with Gasteiger partial charge in [-0.3, -0.25) is 4.79 Å². The molecule has 0 aromatic heterocycles. The number of carbonyl (C=O) groups excluding carboxylic acids is 1. The molecule has 0 radical (unpaired) electrons. The molecule has 0 fully saturated rings. The Hall–Kier alpha value is -0.930. The minimum absolute atomic E-state index is 0.00381. The van der Waals surface area contributed by atoms with Crippen LogP contribution >= 0.6 is 11.6 Å². The number of hydrogen-bond donors (Lipinski definition) is 0. The van der Waals surface area contributed by atoms with E-state index in [1.165, 1.54) is 19.2 Å². The number of carbonyl (C=O) groups is 1. The molecule has 0 unspecified atom stereocenters. The van der Waals surface area contributed by atoms with E-state index < -0.39 is 11.4 Å². The molecule has 0 saturated heterocycles. The van der Waals surface area contributed by atoms with Gasteiger partial charge in [0.1, 0.15) is 11.4 Å². The van der Waals surface area contributed by atoms with Crippen molar-refractivity contribution in [3.8, 4) is 0 Å². The topological polar surface area (TPSA) is 26.3 Å². The number of methoxy groups -OCH3 is 1. The summed E-state index contributed by atoms with van der Waals surface area (Å²) in [6.07, 6.45) is 0.00381. The van der Waals surface area contributed by atoms with Crippen LogP contribution in [0.2, 0.25) is 5.02 Å². The van der Waals surface area contributed by atoms with Gasteiger partial charge in [-0.05, 0) is 31.5 Å². The molecule has 1 aromatic carbocycles. The van der Waals surface area contributed by atoms with Crippen molar-refractivity contribution in [2.75, 3.05) is 7.11 Å². The normalized spacial score (nSPS) is 11.6. The standard InChI is InChI=1S/C12H14ClFO2/c1-12(2,16-3)11(15)6-8-4-5-9(13)7-10(8)14/h4-5,7H,6H2,1-3H3. The van der Waals surface area contributed by atoms with Crippen LogP contribution in [-0.2, 0) is 16.0 Å². The van der Waals surface area contributed by atoms with Crippen molar-refractivity contribution in [3.05, 3.63) is 34.6 Å². The number of ketones is 1. The molecule has 0 spiro atoms. The largest absolute Gasteiger partial charge is 0.371 e. The first-order valence-electron chi connectivity index (χ1n) is 4.89. The van der Waals surface area contributed by atoms with Gasteiger partial charge in [0.25, 0.3) is 0 Å². The highest BCUT2D eigenvalue weighted by Crippen LogP contribution is 2.18. The lowest BCUT2D eigenvalue weighted by Gasteiger charge is -2.21. The lowest BCUT2D eigenvalue weighted by atomic mass is 9.96. The summed E-state index contributed by atoms with van der Waals surface area (Å²) in [5.41, 5.74) is -0.564. The van der Waals surface area contributed by atoms with Crippen molar-refractivity contribution in [1.82, 2.24) is 0 Å². The lowest BCUT2D eigenvalue weighted by Crippen LogP contribution is -2.35. The maximum atomic E-state index is 13.4. The van der Waals surface area contributed by atoms with Gasteiger partial charge in [-0.1, -0.05) is 17.7 Å². The monoisotopic (exact) mass is 244 g/mol. The second-order valence-corrected chi connectivity index (χ2v) is 4.49. The van der Waals surface area contributed by atoms with E-state index in [1.807, 2.05) is 0 Å². The van der Waals surface area contributed by atoms with Gasteiger partial charge in [0.15, 0.2) is 5.78 Å². The molecule has 4 heteroatoms. The zero-order valence-corrected chi connectivity index (χ0v) is 10.3. The Balaban J connectivity index is 2.85. The second kappa shape index (κ2) is 4.93.